The summed E-state index contributed by atoms with van der Waals surface area (Å²) in [5.74, 6) is 2.07. The number of aromatic nitrogens is 4. The van der Waals surface area contributed by atoms with Gasteiger partial charge in [0.05, 0.1) is 6.54 Å². The summed E-state index contributed by atoms with van der Waals surface area (Å²) < 4.78 is 1.72. The highest BCUT2D eigenvalue weighted by molar-refractivity contribution is 5.85. The Hall–Kier alpha value is -2.46. The van der Waals surface area contributed by atoms with Crippen LogP contribution < -0.4 is 16.0 Å². The van der Waals surface area contributed by atoms with Crippen LogP contribution in [0.2, 0.25) is 0 Å². The Bertz CT molecular complexity index is 758. The molecule has 2 aliphatic heterocycles. The van der Waals surface area contributed by atoms with Crippen molar-refractivity contribution in [2.24, 2.45) is 5.10 Å². The molecule has 126 valence electrons. The van der Waals surface area contributed by atoms with Crippen molar-refractivity contribution in [3.05, 3.63) is 18.5 Å². The van der Waals surface area contributed by atoms with Gasteiger partial charge in [0, 0.05) is 32.2 Å². The molecular formula is C14H20N10. The highest BCUT2D eigenvalue weighted by atomic mass is 15.8. The molecule has 2 N–H and O–H groups in total. The van der Waals surface area contributed by atoms with Gasteiger partial charge in [-0.1, -0.05) is 0 Å². The molecule has 10 nitrogen and oxygen atoms in total. The van der Waals surface area contributed by atoms with Gasteiger partial charge >= 0.3 is 0 Å². The lowest BCUT2D eigenvalue weighted by Crippen LogP contribution is -2.51. The van der Waals surface area contributed by atoms with E-state index in [9.17, 15) is 0 Å². The number of nitrogens with zero attached hydrogens (tertiary/aromatic N) is 8. The van der Waals surface area contributed by atoms with Gasteiger partial charge in [-0.15, -0.1) is 25.9 Å². The molecule has 1 aliphatic carbocycles. The highest BCUT2D eigenvalue weighted by Gasteiger charge is 2.34. The number of nitrogens with one attached hydrogen (secondary N) is 2. The smallest absolute Gasteiger partial charge is 0.177 e. The minimum Gasteiger partial charge on any atom is -0.353 e. The molecule has 1 saturated heterocycles. The minimum absolute atomic E-state index is 0.611. The molecule has 0 bridgehead atoms. The average molecular weight is 328 g/mol. The number of fused-ring (bicyclic) bond motifs is 1. The Kier molecular flexibility index (Phi) is 3.23. The van der Waals surface area contributed by atoms with E-state index in [0.717, 1.165) is 50.0 Å². The molecule has 2 aromatic heterocycles. The lowest BCUT2D eigenvalue weighted by Gasteiger charge is -2.35. The number of anilines is 1. The summed E-state index contributed by atoms with van der Waals surface area (Å²) in [6.07, 6.45) is 4.14. The predicted molar refractivity (Wildman–Crippen MR) is 88.0 cm³/mol. The van der Waals surface area contributed by atoms with Gasteiger partial charge in [-0.2, -0.15) is 4.52 Å². The van der Waals surface area contributed by atoms with E-state index in [1.807, 2.05) is 12.1 Å². The second kappa shape index (κ2) is 5.56. The van der Waals surface area contributed by atoms with E-state index in [0.29, 0.717) is 6.04 Å². The number of hydrogen-bond acceptors (Lipinski definition) is 9. The summed E-state index contributed by atoms with van der Waals surface area (Å²) in [6.45, 7) is 4.79. The molecule has 2 aromatic rings. The zero-order valence-corrected chi connectivity index (χ0v) is 13.3. The largest absolute Gasteiger partial charge is 0.353 e. The monoisotopic (exact) mass is 328 g/mol. The molecule has 10 heteroatoms. The summed E-state index contributed by atoms with van der Waals surface area (Å²) in [5, 5.41) is 19.0. The number of piperazine rings is 1. The van der Waals surface area contributed by atoms with Gasteiger partial charge < -0.3 is 4.90 Å². The van der Waals surface area contributed by atoms with Crippen LogP contribution in [0.5, 0.6) is 0 Å². The van der Waals surface area contributed by atoms with E-state index in [2.05, 4.69) is 46.3 Å². The zero-order chi connectivity index (χ0) is 15.9. The number of hydrazone groups is 1. The van der Waals surface area contributed by atoms with Crippen molar-refractivity contribution >= 4 is 17.3 Å². The predicted octanol–water partition coefficient (Wildman–Crippen LogP) is -0.953. The van der Waals surface area contributed by atoms with E-state index < -0.39 is 0 Å². The van der Waals surface area contributed by atoms with E-state index in [1.54, 1.807) is 10.8 Å². The van der Waals surface area contributed by atoms with Crippen LogP contribution in [0.25, 0.3) is 5.65 Å². The third kappa shape index (κ3) is 2.53. The molecule has 1 saturated carbocycles. The quantitative estimate of drug-likeness (QED) is 0.742. The maximum Gasteiger partial charge on any atom is 0.177 e. The van der Waals surface area contributed by atoms with Crippen LogP contribution in [-0.2, 0) is 0 Å². The lowest BCUT2D eigenvalue weighted by molar-refractivity contribution is 0.252. The summed E-state index contributed by atoms with van der Waals surface area (Å²) in [6, 6.07) is 4.59. The van der Waals surface area contributed by atoms with Crippen molar-refractivity contribution in [1.29, 1.82) is 0 Å². The van der Waals surface area contributed by atoms with Gasteiger partial charge in [0.2, 0.25) is 0 Å². The first-order chi connectivity index (χ1) is 11.9. The molecule has 0 unspecified atom stereocenters. The Balaban J connectivity index is 1.21. The van der Waals surface area contributed by atoms with E-state index >= 15 is 0 Å². The van der Waals surface area contributed by atoms with Crippen molar-refractivity contribution in [2.45, 2.75) is 18.9 Å². The van der Waals surface area contributed by atoms with Crippen LogP contribution in [0.15, 0.2) is 23.6 Å². The molecular weight excluding hydrogens is 308 g/mol. The summed E-state index contributed by atoms with van der Waals surface area (Å²) in [5.41, 5.74) is 6.78. The van der Waals surface area contributed by atoms with Gasteiger partial charge in [0.1, 0.15) is 12.1 Å². The fourth-order valence-corrected chi connectivity index (χ4v) is 3.23. The van der Waals surface area contributed by atoms with Crippen LogP contribution in [0.3, 0.4) is 0 Å². The third-order valence-electron chi connectivity index (χ3n) is 4.75. The summed E-state index contributed by atoms with van der Waals surface area (Å²) in [7, 11) is 0. The van der Waals surface area contributed by atoms with E-state index in [-0.39, 0.29) is 0 Å². The number of hydrogen-bond donors (Lipinski definition) is 2. The SMILES string of the molecule is c1cc2nncn2nc1N1CCN(CC2=NNNN2C2CC2)CC1. The second-order valence-electron chi connectivity index (χ2n) is 6.44. The fourth-order valence-electron chi connectivity index (χ4n) is 3.23. The van der Waals surface area contributed by atoms with Crippen LogP contribution in [0.4, 0.5) is 5.82 Å². The van der Waals surface area contributed by atoms with Gasteiger partial charge in [-0.25, -0.2) is 5.53 Å². The van der Waals surface area contributed by atoms with Gasteiger partial charge in [-0.05, 0) is 25.0 Å². The van der Waals surface area contributed by atoms with Crippen molar-refractivity contribution in [3.63, 3.8) is 0 Å². The van der Waals surface area contributed by atoms with Crippen LogP contribution in [-0.4, -0.2) is 74.3 Å². The Morgan fingerprint density at radius 2 is 2.00 bits per heavy atom. The average Bonchev–Trinajstić information content (AvgIpc) is 3.17. The van der Waals surface area contributed by atoms with Crippen LogP contribution in [0.1, 0.15) is 12.8 Å². The minimum atomic E-state index is 0.611. The zero-order valence-electron chi connectivity index (χ0n) is 13.3. The van der Waals surface area contributed by atoms with Crippen LogP contribution >= 0.6 is 0 Å². The van der Waals surface area contributed by atoms with Crippen molar-refractivity contribution in [3.8, 4) is 0 Å². The van der Waals surface area contributed by atoms with Gasteiger partial charge in [0.25, 0.3) is 0 Å². The summed E-state index contributed by atoms with van der Waals surface area (Å²) >= 11 is 0. The fraction of sp³-hybridized carbons (Fsp3) is 0.571. The van der Waals surface area contributed by atoms with E-state index in [1.165, 1.54) is 12.8 Å². The molecule has 2 fully saturated rings. The number of hydrazine groups is 2. The van der Waals surface area contributed by atoms with Gasteiger partial charge in [0.15, 0.2) is 11.5 Å². The lowest BCUT2D eigenvalue weighted by atomic mass is 10.3. The maximum absolute atomic E-state index is 4.58. The molecule has 0 amide bonds. The molecule has 3 aliphatic rings. The van der Waals surface area contributed by atoms with Crippen molar-refractivity contribution in [1.82, 2.24) is 40.8 Å². The molecule has 24 heavy (non-hydrogen) atoms. The first kappa shape index (κ1) is 13.9. The highest BCUT2D eigenvalue weighted by Crippen LogP contribution is 2.26. The molecule has 0 spiro atoms. The van der Waals surface area contributed by atoms with Crippen molar-refractivity contribution in [2.75, 3.05) is 37.6 Å². The number of amidine groups is 1. The number of rotatable bonds is 4. The molecule has 5 rings (SSSR count). The Morgan fingerprint density at radius 3 is 2.83 bits per heavy atom. The summed E-state index contributed by atoms with van der Waals surface area (Å²) in [4.78, 5) is 4.75. The van der Waals surface area contributed by atoms with Crippen molar-refractivity contribution < 1.29 is 0 Å². The molecule has 0 atom stereocenters. The first-order valence-electron chi connectivity index (χ1n) is 8.38. The van der Waals surface area contributed by atoms with E-state index in [4.69, 9.17) is 0 Å². The first-order valence-corrected chi connectivity index (χ1v) is 8.38. The standard InChI is InChI=1S/C14H20N10/c1-2-11(1)24-14(17-19-20-24)9-21-5-7-22(8-6-21)13-4-3-12-16-15-10-23(12)18-13/h3-4,10-11,19-20H,1-2,5-9H2. The molecule has 0 aromatic carbocycles. The Labute approximate surface area is 139 Å². The normalized spacial score (nSPS) is 22.1. The topological polar surface area (TPSA) is 89.2 Å². The van der Waals surface area contributed by atoms with Gasteiger partial charge in [-0.3, -0.25) is 9.91 Å². The molecule has 4 heterocycles. The third-order valence-corrected chi connectivity index (χ3v) is 4.75. The second-order valence-corrected chi connectivity index (χ2v) is 6.44. The van der Waals surface area contributed by atoms with Crippen LogP contribution in [0, 0.1) is 0 Å². The maximum atomic E-state index is 4.58. The molecule has 0 radical (unpaired) electrons. The Morgan fingerprint density at radius 1 is 1.12 bits per heavy atom.